The minimum atomic E-state index is -0.460. The fraction of sp³-hybridized carbons (Fsp3) is 0.556. The summed E-state index contributed by atoms with van der Waals surface area (Å²) in [4.78, 5) is 27.9. The van der Waals surface area contributed by atoms with Gasteiger partial charge >= 0.3 is 6.09 Å². The zero-order valence-electron chi connectivity index (χ0n) is 14.5. The summed E-state index contributed by atoms with van der Waals surface area (Å²) in [6.07, 6.45) is 0.508. The molecule has 1 aromatic rings. The highest BCUT2D eigenvalue weighted by Gasteiger charge is 2.29. The maximum Gasteiger partial charge on any atom is 0.409 e. The van der Waals surface area contributed by atoms with Crippen molar-refractivity contribution in [2.45, 2.75) is 26.3 Å². The number of carbonyl (C=O) groups excluding carboxylic acids is 2. The smallest absolute Gasteiger partial charge is 0.409 e. The Bertz CT molecular complexity index is 548. The molecule has 0 radical (unpaired) electrons. The number of carbonyl (C=O) groups is 2. The summed E-state index contributed by atoms with van der Waals surface area (Å²) in [7, 11) is 0. The molecule has 1 saturated heterocycles. The molecule has 0 saturated carbocycles. The van der Waals surface area contributed by atoms with E-state index in [4.69, 9.17) is 10.5 Å². The monoisotopic (exact) mass is 333 g/mol. The number of primary amides is 1. The highest BCUT2D eigenvalue weighted by Crippen LogP contribution is 2.22. The number of nitrogens with zero attached hydrogens (tertiary/aromatic N) is 2. The van der Waals surface area contributed by atoms with Crippen LogP contribution in [-0.4, -0.2) is 54.6 Å². The van der Waals surface area contributed by atoms with Crippen LogP contribution in [0.5, 0.6) is 0 Å². The molecule has 1 aromatic carbocycles. The summed E-state index contributed by atoms with van der Waals surface area (Å²) >= 11 is 0. The molecule has 2 N–H and O–H groups in total. The third-order valence-electron chi connectivity index (χ3n) is 4.08. The van der Waals surface area contributed by atoms with Crippen LogP contribution in [0.15, 0.2) is 30.3 Å². The minimum Gasteiger partial charge on any atom is -0.449 e. The van der Waals surface area contributed by atoms with Crippen LogP contribution in [-0.2, 0) is 9.53 Å². The second kappa shape index (κ2) is 8.68. The molecular weight excluding hydrogens is 306 g/mol. The molecule has 1 aliphatic heterocycles. The summed E-state index contributed by atoms with van der Waals surface area (Å²) < 4.78 is 5.30. The zero-order chi connectivity index (χ0) is 17.5. The minimum absolute atomic E-state index is 0.277. The van der Waals surface area contributed by atoms with E-state index >= 15 is 0 Å². The summed E-state index contributed by atoms with van der Waals surface area (Å²) in [5, 5.41) is 0. The zero-order valence-corrected chi connectivity index (χ0v) is 14.5. The van der Waals surface area contributed by atoms with Crippen molar-refractivity contribution in [1.29, 1.82) is 0 Å². The molecule has 0 bridgehead atoms. The molecule has 0 unspecified atom stereocenters. The Balaban J connectivity index is 2.01. The van der Waals surface area contributed by atoms with Crippen molar-refractivity contribution in [1.82, 2.24) is 9.80 Å². The molecule has 24 heavy (non-hydrogen) atoms. The van der Waals surface area contributed by atoms with Gasteiger partial charge in [0, 0.05) is 26.2 Å². The molecule has 0 spiro atoms. The molecule has 1 heterocycles. The van der Waals surface area contributed by atoms with Gasteiger partial charge in [0.05, 0.1) is 6.61 Å². The third-order valence-corrected chi connectivity index (χ3v) is 4.08. The first-order chi connectivity index (χ1) is 11.5. The molecule has 6 nitrogen and oxygen atoms in total. The van der Waals surface area contributed by atoms with Gasteiger partial charge in [0.25, 0.3) is 0 Å². The van der Waals surface area contributed by atoms with E-state index in [9.17, 15) is 9.59 Å². The van der Waals surface area contributed by atoms with E-state index in [1.165, 1.54) is 0 Å². The first-order valence-corrected chi connectivity index (χ1v) is 8.49. The van der Waals surface area contributed by atoms with E-state index in [0.717, 1.165) is 18.5 Å². The molecule has 1 aliphatic rings. The summed E-state index contributed by atoms with van der Waals surface area (Å²) in [5.41, 5.74) is 6.53. The van der Waals surface area contributed by atoms with Crippen LogP contribution < -0.4 is 5.73 Å². The molecular formula is C18H27N3O3. The second-order valence-electron chi connectivity index (χ2n) is 6.56. The topological polar surface area (TPSA) is 75.9 Å². The van der Waals surface area contributed by atoms with Crippen molar-refractivity contribution >= 4 is 12.0 Å². The van der Waals surface area contributed by atoms with Crippen molar-refractivity contribution in [3.05, 3.63) is 35.9 Å². The lowest BCUT2D eigenvalue weighted by atomic mass is 10.0. The fourth-order valence-electron chi connectivity index (χ4n) is 2.90. The van der Waals surface area contributed by atoms with E-state index < -0.39 is 6.04 Å². The van der Waals surface area contributed by atoms with Crippen LogP contribution in [0, 0.1) is 5.92 Å². The van der Waals surface area contributed by atoms with Crippen LogP contribution in [0.4, 0.5) is 4.79 Å². The number of nitrogens with two attached hydrogens (primary N) is 1. The number of hydrogen-bond acceptors (Lipinski definition) is 4. The number of ether oxygens (including phenoxy) is 1. The van der Waals surface area contributed by atoms with E-state index in [-0.39, 0.29) is 12.0 Å². The van der Waals surface area contributed by atoms with Gasteiger partial charge in [-0.3, -0.25) is 9.69 Å². The number of amides is 2. The molecule has 2 rings (SSSR count). The van der Waals surface area contributed by atoms with Crippen LogP contribution in [0.1, 0.15) is 31.9 Å². The van der Waals surface area contributed by atoms with Crippen molar-refractivity contribution in [2.75, 3.05) is 32.8 Å². The van der Waals surface area contributed by atoms with Crippen molar-refractivity contribution in [2.24, 2.45) is 11.7 Å². The molecule has 132 valence electrons. The third kappa shape index (κ3) is 4.96. The summed E-state index contributed by atoms with van der Waals surface area (Å²) in [5.74, 6) is -0.0493. The average Bonchev–Trinajstić information content (AvgIpc) is 2.79. The molecule has 2 amide bonds. The first kappa shape index (κ1) is 18.3. The maximum absolute atomic E-state index is 12.1. The lowest BCUT2D eigenvalue weighted by Crippen LogP contribution is -2.41. The van der Waals surface area contributed by atoms with Gasteiger partial charge < -0.3 is 15.4 Å². The predicted octanol–water partition coefficient (Wildman–Crippen LogP) is 2.01. The largest absolute Gasteiger partial charge is 0.449 e. The molecule has 0 aromatic heterocycles. The highest BCUT2D eigenvalue weighted by atomic mass is 16.6. The van der Waals surface area contributed by atoms with Crippen molar-refractivity contribution in [3.8, 4) is 0 Å². The van der Waals surface area contributed by atoms with Gasteiger partial charge in [-0.2, -0.15) is 0 Å². The first-order valence-electron chi connectivity index (χ1n) is 8.49. The van der Waals surface area contributed by atoms with Gasteiger partial charge in [-0.1, -0.05) is 44.2 Å². The van der Waals surface area contributed by atoms with Gasteiger partial charge in [0.15, 0.2) is 0 Å². The lowest BCUT2D eigenvalue weighted by Gasteiger charge is -2.28. The normalized spacial score (nSPS) is 17.4. The van der Waals surface area contributed by atoms with E-state index in [1.54, 1.807) is 4.90 Å². The Kier molecular flexibility index (Phi) is 6.61. The lowest BCUT2D eigenvalue weighted by molar-refractivity contribution is -0.123. The molecule has 1 fully saturated rings. The Labute approximate surface area is 143 Å². The second-order valence-corrected chi connectivity index (χ2v) is 6.56. The fourth-order valence-corrected chi connectivity index (χ4v) is 2.90. The Morgan fingerprint density at radius 3 is 2.46 bits per heavy atom. The van der Waals surface area contributed by atoms with E-state index in [2.05, 4.69) is 0 Å². The number of hydrogen-bond donors (Lipinski definition) is 1. The standard InChI is InChI=1S/C18H27N3O3/c1-14(2)13-24-18(23)21-10-6-9-20(11-12-21)16(17(19)22)15-7-4-3-5-8-15/h3-5,7-8,14,16H,6,9-13H2,1-2H3,(H2,19,22)/t16-/m0/s1. The highest BCUT2D eigenvalue weighted by molar-refractivity contribution is 5.81. The Hall–Kier alpha value is -2.08. The van der Waals surface area contributed by atoms with E-state index in [0.29, 0.717) is 32.2 Å². The molecule has 6 heteroatoms. The van der Waals surface area contributed by atoms with Crippen LogP contribution in [0.25, 0.3) is 0 Å². The van der Waals surface area contributed by atoms with Gasteiger partial charge in [-0.25, -0.2) is 4.79 Å². The van der Waals surface area contributed by atoms with Crippen LogP contribution >= 0.6 is 0 Å². The van der Waals surface area contributed by atoms with Crippen molar-refractivity contribution < 1.29 is 14.3 Å². The van der Waals surface area contributed by atoms with Gasteiger partial charge in [0.1, 0.15) is 6.04 Å². The van der Waals surface area contributed by atoms with E-state index in [1.807, 2.05) is 49.1 Å². The van der Waals surface area contributed by atoms with Crippen LogP contribution in [0.3, 0.4) is 0 Å². The van der Waals surface area contributed by atoms with Crippen LogP contribution in [0.2, 0.25) is 0 Å². The van der Waals surface area contributed by atoms with Gasteiger partial charge in [-0.15, -0.1) is 0 Å². The average molecular weight is 333 g/mol. The van der Waals surface area contributed by atoms with Gasteiger partial charge in [-0.05, 0) is 17.9 Å². The predicted molar refractivity (Wildman–Crippen MR) is 92.3 cm³/mol. The Morgan fingerprint density at radius 2 is 1.83 bits per heavy atom. The van der Waals surface area contributed by atoms with Gasteiger partial charge in [0.2, 0.25) is 5.91 Å². The SMILES string of the molecule is CC(C)COC(=O)N1CCCN([C@H](C(N)=O)c2ccccc2)CC1. The number of benzene rings is 1. The Morgan fingerprint density at radius 1 is 1.12 bits per heavy atom. The summed E-state index contributed by atoms with van der Waals surface area (Å²) in [6.45, 7) is 6.92. The summed E-state index contributed by atoms with van der Waals surface area (Å²) in [6, 6.07) is 9.08. The molecule has 1 atom stereocenters. The molecule has 0 aliphatic carbocycles. The van der Waals surface area contributed by atoms with Crippen molar-refractivity contribution in [3.63, 3.8) is 0 Å². The quantitative estimate of drug-likeness (QED) is 0.894. The number of rotatable bonds is 5. The maximum atomic E-state index is 12.1.